The molecule has 0 aromatic carbocycles. The third kappa shape index (κ3) is 42.9. The fraction of sp³-hybridized carbons (Fsp3) is 0.872. The molecule has 0 atom stereocenters. The Kier molecular flexibility index (Phi) is 43.3. The topological polar surface area (TPSA) is 81.7 Å². The molecule has 0 aromatic rings. The molecule has 0 bridgehead atoms. The van der Waals surface area contributed by atoms with Crippen LogP contribution in [0.25, 0.3) is 0 Å². The Morgan fingerprint density at radius 3 is 1.06 bits per heavy atom. The predicted molar refractivity (Wildman–Crippen MR) is 232 cm³/mol. The highest BCUT2D eigenvalue weighted by Crippen LogP contribution is 2.12. The fourth-order valence-corrected chi connectivity index (χ4v) is 6.93. The first-order valence-corrected chi connectivity index (χ1v) is 23.3. The number of aliphatic hydroxyl groups excluding tert-OH is 1. The lowest BCUT2D eigenvalue weighted by atomic mass is 10.1. The first-order chi connectivity index (χ1) is 26.1. The van der Waals surface area contributed by atoms with Gasteiger partial charge in [-0.15, -0.1) is 0 Å². The lowest BCUT2D eigenvalue weighted by molar-refractivity contribution is -0.122. The minimum absolute atomic E-state index is 0.173. The number of allylic oxidation sites excluding steroid dienone is 4. The molecule has 2 amide bonds. The molecule has 312 valence electrons. The van der Waals surface area contributed by atoms with Crippen LogP contribution in [-0.4, -0.2) is 61.2 Å². The van der Waals surface area contributed by atoms with Gasteiger partial charge in [0.1, 0.15) is 0 Å². The van der Waals surface area contributed by atoms with Gasteiger partial charge in [-0.3, -0.25) is 9.59 Å². The highest BCUT2D eigenvalue weighted by atomic mass is 16.3. The van der Waals surface area contributed by atoms with E-state index in [1.54, 1.807) is 0 Å². The zero-order valence-corrected chi connectivity index (χ0v) is 35.6. The molecule has 0 aromatic heterocycles. The van der Waals surface area contributed by atoms with Gasteiger partial charge in [0.15, 0.2) is 0 Å². The molecule has 0 aliphatic heterocycles. The van der Waals surface area contributed by atoms with E-state index in [9.17, 15) is 14.7 Å². The second kappa shape index (κ2) is 44.7. The van der Waals surface area contributed by atoms with Crippen molar-refractivity contribution in [3.63, 3.8) is 0 Å². The van der Waals surface area contributed by atoms with E-state index in [1.165, 1.54) is 154 Å². The quantitative estimate of drug-likeness (QED) is 0.0429. The summed E-state index contributed by atoms with van der Waals surface area (Å²) >= 11 is 0. The molecule has 3 N–H and O–H groups in total. The van der Waals surface area contributed by atoms with Crippen LogP contribution in [-0.2, 0) is 9.59 Å². The summed E-state index contributed by atoms with van der Waals surface area (Å²) in [5.41, 5.74) is 0. The second-order valence-electron chi connectivity index (χ2n) is 15.7. The van der Waals surface area contributed by atoms with Gasteiger partial charge in [-0.25, -0.2) is 0 Å². The molecule has 0 saturated heterocycles. The van der Waals surface area contributed by atoms with Gasteiger partial charge in [-0.1, -0.05) is 154 Å². The molecule has 0 radical (unpaired) electrons. The van der Waals surface area contributed by atoms with Crippen molar-refractivity contribution in [2.24, 2.45) is 0 Å². The Labute approximate surface area is 330 Å². The number of carbonyl (C=O) groups excluding carboxylic acids is 2. The summed E-state index contributed by atoms with van der Waals surface area (Å²) in [4.78, 5) is 27.0. The molecule has 0 spiro atoms. The molecule has 6 nitrogen and oxygen atoms in total. The van der Waals surface area contributed by atoms with E-state index in [1.807, 2.05) is 0 Å². The van der Waals surface area contributed by atoms with E-state index in [4.69, 9.17) is 0 Å². The Hall–Kier alpha value is -1.66. The third-order valence-electron chi connectivity index (χ3n) is 10.4. The standard InChI is InChI=1S/C47H91N3O3/c1-3-5-7-9-11-13-15-17-19-21-23-25-27-29-31-33-38-46(52)48-40-35-42-50(44-37-45-51)43-36-41-49-47(53)39-34-32-30-28-26-24-22-20-18-16-14-12-10-8-6-4-2/h17-20,51H,3-16,21-45H2,1-2H3,(H,48,52)(H,49,53)/b19-17-,20-18-. The van der Waals surface area contributed by atoms with E-state index >= 15 is 0 Å². The lowest BCUT2D eigenvalue weighted by Crippen LogP contribution is -2.33. The smallest absolute Gasteiger partial charge is 0.219 e. The van der Waals surface area contributed by atoms with Crippen molar-refractivity contribution in [2.75, 3.05) is 39.3 Å². The Morgan fingerprint density at radius 2 is 0.717 bits per heavy atom. The molecule has 0 saturated carbocycles. The highest BCUT2D eigenvalue weighted by Gasteiger charge is 2.07. The predicted octanol–water partition coefficient (Wildman–Crippen LogP) is 12.5. The summed E-state index contributed by atoms with van der Waals surface area (Å²) in [7, 11) is 0. The van der Waals surface area contributed by atoms with E-state index in [0.717, 1.165) is 64.6 Å². The number of carbonyl (C=O) groups is 2. The van der Waals surface area contributed by atoms with Gasteiger partial charge in [-0.05, 0) is 96.6 Å². The lowest BCUT2D eigenvalue weighted by Gasteiger charge is -2.22. The number of hydrogen-bond acceptors (Lipinski definition) is 4. The van der Waals surface area contributed by atoms with Crippen LogP contribution in [0, 0.1) is 0 Å². The normalized spacial score (nSPS) is 11.8. The van der Waals surface area contributed by atoms with E-state index in [0.29, 0.717) is 25.9 Å². The largest absolute Gasteiger partial charge is 0.396 e. The van der Waals surface area contributed by atoms with Crippen LogP contribution in [0.5, 0.6) is 0 Å². The molecule has 53 heavy (non-hydrogen) atoms. The molecule has 0 fully saturated rings. The van der Waals surface area contributed by atoms with Crippen molar-refractivity contribution in [2.45, 2.75) is 226 Å². The summed E-state index contributed by atoms with van der Waals surface area (Å²) in [6, 6.07) is 0. The number of hydrogen-bond donors (Lipinski definition) is 3. The number of rotatable bonds is 43. The van der Waals surface area contributed by atoms with Crippen molar-refractivity contribution in [3.8, 4) is 0 Å². The van der Waals surface area contributed by atoms with Gasteiger partial charge in [-0.2, -0.15) is 0 Å². The van der Waals surface area contributed by atoms with E-state index < -0.39 is 0 Å². The average Bonchev–Trinajstić information content (AvgIpc) is 3.16. The number of unbranched alkanes of at least 4 members (excludes halogenated alkanes) is 24. The maximum atomic E-state index is 12.3. The van der Waals surface area contributed by atoms with E-state index in [2.05, 4.69) is 53.7 Å². The summed E-state index contributed by atoms with van der Waals surface area (Å²) in [5.74, 6) is 0.346. The molecule has 0 rings (SSSR count). The average molecular weight is 746 g/mol. The third-order valence-corrected chi connectivity index (χ3v) is 10.4. The zero-order chi connectivity index (χ0) is 38.6. The monoisotopic (exact) mass is 746 g/mol. The van der Waals surface area contributed by atoms with Gasteiger partial charge in [0.05, 0.1) is 0 Å². The minimum Gasteiger partial charge on any atom is -0.396 e. The summed E-state index contributed by atoms with van der Waals surface area (Å²) in [5, 5.41) is 15.5. The molecule has 0 unspecified atom stereocenters. The number of nitrogens with one attached hydrogen (secondary N) is 2. The number of nitrogens with zero attached hydrogens (tertiary/aromatic N) is 1. The summed E-state index contributed by atoms with van der Waals surface area (Å²) in [6.07, 6.45) is 49.2. The summed E-state index contributed by atoms with van der Waals surface area (Å²) in [6.45, 7) is 8.80. The Morgan fingerprint density at radius 1 is 0.415 bits per heavy atom. The van der Waals surface area contributed by atoms with Crippen LogP contribution in [0.15, 0.2) is 24.3 Å². The second-order valence-corrected chi connectivity index (χ2v) is 15.7. The van der Waals surface area contributed by atoms with E-state index in [-0.39, 0.29) is 18.4 Å². The Bertz CT molecular complexity index is 753. The van der Waals surface area contributed by atoms with Gasteiger partial charge in [0.2, 0.25) is 11.8 Å². The Balaban J connectivity index is 3.66. The number of amides is 2. The van der Waals surface area contributed by atoms with Crippen LogP contribution in [0.3, 0.4) is 0 Å². The van der Waals surface area contributed by atoms with Crippen LogP contribution < -0.4 is 10.6 Å². The number of aliphatic hydroxyl groups is 1. The first-order valence-electron chi connectivity index (χ1n) is 23.3. The SMILES string of the molecule is CCCCCCCC/C=C\CCCCCCCCC(=O)NCCCN(CCCO)CCCNC(=O)CCCCCCCC/C=C\CCCCCCCC. The maximum absolute atomic E-state index is 12.3. The van der Waals surface area contributed by atoms with Gasteiger partial charge >= 0.3 is 0 Å². The first kappa shape index (κ1) is 51.3. The zero-order valence-electron chi connectivity index (χ0n) is 35.6. The molecule has 0 aliphatic carbocycles. The van der Waals surface area contributed by atoms with Crippen molar-refractivity contribution in [3.05, 3.63) is 24.3 Å². The molecule has 0 aliphatic rings. The molecule has 0 heterocycles. The molecule has 6 heteroatoms. The highest BCUT2D eigenvalue weighted by molar-refractivity contribution is 5.76. The molecular formula is C47H91N3O3. The fourth-order valence-electron chi connectivity index (χ4n) is 6.93. The van der Waals surface area contributed by atoms with Gasteiger partial charge in [0, 0.05) is 39.1 Å². The maximum Gasteiger partial charge on any atom is 0.219 e. The van der Waals surface area contributed by atoms with Crippen molar-refractivity contribution in [1.29, 1.82) is 0 Å². The van der Waals surface area contributed by atoms with Crippen LogP contribution in [0.1, 0.15) is 226 Å². The molecular weight excluding hydrogens is 655 g/mol. The van der Waals surface area contributed by atoms with Crippen molar-refractivity contribution in [1.82, 2.24) is 15.5 Å². The van der Waals surface area contributed by atoms with Gasteiger partial charge < -0.3 is 20.6 Å². The van der Waals surface area contributed by atoms with Crippen molar-refractivity contribution < 1.29 is 14.7 Å². The van der Waals surface area contributed by atoms with Gasteiger partial charge in [0.25, 0.3) is 0 Å². The van der Waals surface area contributed by atoms with Crippen LogP contribution in [0.4, 0.5) is 0 Å². The summed E-state index contributed by atoms with van der Waals surface area (Å²) < 4.78 is 0. The van der Waals surface area contributed by atoms with Crippen molar-refractivity contribution >= 4 is 11.8 Å². The van der Waals surface area contributed by atoms with Crippen LogP contribution in [0.2, 0.25) is 0 Å². The minimum atomic E-state index is 0.173. The van der Waals surface area contributed by atoms with Crippen LogP contribution >= 0.6 is 0 Å².